The molecule has 0 unspecified atom stereocenters. The Balaban J connectivity index is 1.42. The highest BCUT2D eigenvalue weighted by Crippen LogP contribution is 2.51. The number of hydrogen-bond acceptors (Lipinski definition) is 6. The van der Waals surface area contributed by atoms with Crippen LogP contribution < -0.4 is 16.2 Å². The van der Waals surface area contributed by atoms with Crippen molar-refractivity contribution in [2.24, 2.45) is 17.8 Å². The van der Waals surface area contributed by atoms with Crippen molar-refractivity contribution in [1.82, 2.24) is 35.1 Å². The number of hydrogen-bond donors (Lipinski definition) is 3. The van der Waals surface area contributed by atoms with E-state index < -0.39 is 48.3 Å². The van der Waals surface area contributed by atoms with E-state index in [4.69, 9.17) is 11.6 Å². The van der Waals surface area contributed by atoms with Gasteiger partial charge in [0.2, 0.25) is 12.3 Å². The molecule has 0 aliphatic heterocycles. The number of anilines is 1. The average Bonchev–Trinajstić information content (AvgIpc) is 3.85. The molecule has 2 aliphatic carbocycles. The van der Waals surface area contributed by atoms with E-state index in [1.54, 1.807) is 6.07 Å². The summed E-state index contributed by atoms with van der Waals surface area (Å²) in [5, 5.41) is 18.6. The lowest BCUT2D eigenvalue weighted by Gasteiger charge is -2.27. The van der Waals surface area contributed by atoms with Gasteiger partial charge < -0.3 is 10.6 Å². The minimum atomic E-state index is -2.87. The first kappa shape index (κ1) is 27.9. The van der Waals surface area contributed by atoms with Gasteiger partial charge in [-0.05, 0) is 62.5 Å². The number of aromatic amines is 1. The summed E-state index contributed by atoms with van der Waals surface area (Å²) in [6, 6.07) is 0.305. The molecule has 0 bridgehead atoms. The van der Waals surface area contributed by atoms with Gasteiger partial charge in [-0.2, -0.15) is 14.6 Å². The number of aromatic nitrogens is 6. The van der Waals surface area contributed by atoms with E-state index in [1.165, 1.54) is 10.9 Å². The average molecular weight is 581 g/mol. The van der Waals surface area contributed by atoms with Gasteiger partial charge in [0, 0.05) is 24.7 Å². The quantitative estimate of drug-likeness (QED) is 0.300. The number of aryl methyl sites for hydroxylation is 1. The first-order valence-electron chi connectivity index (χ1n) is 13.1. The Labute approximate surface area is 231 Å². The Bertz CT molecular complexity index is 1440. The highest BCUT2D eigenvalue weighted by Gasteiger charge is 2.48. The summed E-state index contributed by atoms with van der Waals surface area (Å²) in [4.78, 5) is 39.1. The topological polar surface area (TPSA) is 140 Å². The Morgan fingerprint density at radius 1 is 1.23 bits per heavy atom. The van der Waals surface area contributed by atoms with Crippen LogP contribution in [0.5, 0.6) is 0 Å². The number of carbonyl (C=O) groups excluding carboxylic acids is 2. The highest BCUT2D eigenvalue weighted by molar-refractivity contribution is 6.29. The number of amides is 2. The number of nitrogens with one attached hydrogen (secondary N) is 3. The Morgan fingerprint density at radius 2 is 1.93 bits per heavy atom. The normalized spacial score (nSPS) is 16.8. The molecule has 214 valence electrons. The molecular weight excluding hydrogens is 553 g/mol. The van der Waals surface area contributed by atoms with E-state index in [0.717, 1.165) is 42.6 Å². The van der Waals surface area contributed by atoms with Gasteiger partial charge in [0.05, 0.1) is 12.2 Å². The largest absolute Gasteiger partial charge is 0.339 e. The van der Waals surface area contributed by atoms with E-state index in [1.807, 2.05) is 6.92 Å². The lowest BCUT2D eigenvalue weighted by molar-refractivity contribution is -0.119. The number of carbonyl (C=O) groups is 2. The molecule has 3 aromatic heterocycles. The number of halogens is 4. The van der Waals surface area contributed by atoms with Crippen molar-refractivity contribution >= 4 is 29.1 Å². The van der Waals surface area contributed by atoms with Crippen LogP contribution in [-0.2, 0) is 11.3 Å². The van der Waals surface area contributed by atoms with Gasteiger partial charge in [-0.15, -0.1) is 5.10 Å². The van der Waals surface area contributed by atoms with Crippen LogP contribution in [0, 0.1) is 23.7 Å². The predicted octanol–water partition coefficient (Wildman–Crippen LogP) is 3.39. The Hall–Kier alpha value is -3.68. The third-order valence-corrected chi connectivity index (χ3v) is 7.55. The summed E-state index contributed by atoms with van der Waals surface area (Å²) < 4.78 is 44.2. The maximum Gasteiger partial charge on any atom is 0.270 e. The molecule has 3 N–H and O–H groups in total. The van der Waals surface area contributed by atoms with E-state index in [2.05, 4.69) is 31.0 Å². The van der Waals surface area contributed by atoms with Gasteiger partial charge in [0.25, 0.3) is 17.4 Å². The van der Waals surface area contributed by atoms with E-state index in [0.29, 0.717) is 12.2 Å². The molecule has 0 saturated heterocycles. The van der Waals surface area contributed by atoms with Crippen LogP contribution in [0.3, 0.4) is 0 Å². The first-order chi connectivity index (χ1) is 19.2. The van der Waals surface area contributed by atoms with Crippen LogP contribution >= 0.6 is 11.6 Å². The van der Waals surface area contributed by atoms with Crippen molar-refractivity contribution in [3.8, 4) is 0 Å². The molecule has 3 aromatic rings. The number of rotatable bonds is 12. The fourth-order valence-corrected chi connectivity index (χ4v) is 5.39. The number of alkyl halides is 2. The lowest BCUT2D eigenvalue weighted by atomic mass is 9.88. The first-order valence-corrected chi connectivity index (χ1v) is 13.5. The van der Waals surface area contributed by atoms with Crippen LogP contribution in [0.4, 0.5) is 18.9 Å². The van der Waals surface area contributed by atoms with Gasteiger partial charge in [-0.3, -0.25) is 23.7 Å². The summed E-state index contributed by atoms with van der Waals surface area (Å²) in [6.07, 6.45) is 2.52. The maximum atomic E-state index is 15.0. The standard InChI is InChI=1S/C25H28ClF3N8O3/c1-2-36-16(7-8-30-36)24(39)32-21(20(12-3-4-12)13-5-6-13)25(40)31-15-11-37(35-22(15)29)17(10-19(27)28)14-9-18(26)33-34-23(14)38/h7-9,11-13,17,19-21H,2-6,10H2,1H3,(H,31,40)(H,32,39)(H,34,38)/t17-,21-/m0/s1. The smallest absolute Gasteiger partial charge is 0.270 e. The van der Waals surface area contributed by atoms with Gasteiger partial charge >= 0.3 is 0 Å². The highest BCUT2D eigenvalue weighted by atomic mass is 35.5. The Kier molecular flexibility index (Phi) is 7.97. The molecule has 0 aromatic carbocycles. The molecule has 11 nitrogen and oxygen atoms in total. The molecule has 0 radical (unpaired) electrons. The zero-order valence-corrected chi connectivity index (χ0v) is 22.2. The minimum Gasteiger partial charge on any atom is -0.339 e. The van der Waals surface area contributed by atoms with Gasteiger partial charge in [0.1, 0.15) is 22.6 Å². The van der Waals surface area contributed by atoms with E-state index >= 15 is 0 Å². The molecule has 2 fully saturated rings. The molecule has 2 atom stereocenters. The summed E-state index contributed by atoms with van der Waals surface area (Å²) in [7, 11) is 0. The summed E-state index contributed by atoms with van der Waals surface area (Å²) >= 11 is 5.84. The van der Waals surface area contributed by atoms with E-state index in [9.17, 15) is 27.6 Å². The molecule has 2 saturated carbocycles. The second-order valence-electron chi connectivity index (χ2n) is 10.2. The number of nitrogens with zero attached hydrogens (tertiary/aromatic N) is 5. The van der Waals surface area contributed by atoms with Crippen molar-refractivity contribution in [1.29, 1.82) is 0 Å². The second kappa shape index (κ2) is 11.4. The van der Waals surface area contributed by atoms with Crippen molar-refractivity contribution in [3.63, 3.8) is 0 Å². The predicted molar refractivity (Wildman–Crippen MR) is 138 cm³/mol. The van der Waals surface area contributed by atoms with Gasteiger partial charge in [-0.1, -0.05) is 11.6 Å². The molecule has 0 spiro atoms. The molecule has 40 heavy (non-hydrogen) atoms. The van der Waals surface area contributed by atoms with Crippen molar-refractivity contribution in [2.45, 2.75) is 64.1 Å². The zero-order valence-electron chi connectivity index (χ0n) is 21.5. The van der Waals surface area contributed by atoms with E-state index in [-0.39, 0.29) is 34.2 Å². The Morgan fingerprint density at radius 3 is 2.55 bits per heavy atom. The van der Waals surface area contributed by atoms with Crippen LogP contribution in [0.2, 0.25) is 5.15 Å². The van der Waals surface area contributed by atoms with Gasteiger partial charge in [0.15, 0.2) is 0 Å². The van der Waals surface area contributed by atoms with Gasteiger partial charge in [-0.25, -0.2) is 13.9 Å². The molecule has 2 amide bonds. The third kappa shape index (κ3) is 6.06. The molecule has 3 heterocycles. The van der Waals surface area contributed by atoms with Crippen molar-refractivity contribution in [3.05, 3.63) is 57.2 Å². The zero-order chi connectivity index (χ0) is 28.6. The molecule has 2 aliphatic rings. The van der Waals surface area contributed by atoms with Crippen LogP contribution in [0.15, 0.2) is 29.3 Å². The summed E-state index contributed by atoms with van der Waals surface area (Å²) in [5.74, 6) is -1.88. The minimum absolute atomic E-state index is 0.135. The number of H-pyrrole nitrogens is 1. The third-order valence-electron chi connectivity index (χ3n) is 7.36. The molecule has 15 heteroatoms. The fraction of sp³-hybridized carbons (Fsp3) is 0.520. The van der Waals surface area contributed by atoms with Crippen molar-refractivity contribution in [2.75, 3.05) is 5.32 Å². The van der Waals surface area contributed by atoms with Crippen LogP contribution in [-0.4, -0.2) is 54.0 Å². The van der Waals surface area contributed by atoms with Crippen molar-refractivity contribution < 1.29 is 22.8 Å². The summed E-state index contributed by atoms with van der Waals surface area (Å²) in [5.41, 5.74) is -1.06. The maximum absolute atomic E-state index is 15.0. The monoisotopic (exact) mass is 580 g/mol. The molecule has 5 rings (SSSR count). The summed E-state index contributed by atoms with van der Waals surface area (Å²) in [6.45, 7) is 2.29. The van der Waals surface area contributed by atoms with Crippen LogP contribution in [0.1, 0.15) is 61.1 Å². The molecular formula is C25H28ClF3N8O3. The second-order valence-corrected chi connectivity index (χ2v) is 10.5. The SMILES string of the molecule is CCn1nccc1C(=O)N[C@H](C(=O)Nc1cn([C@@H](CC(F)F)c2cc(Cl)n[nH]c2=O)nc1F)C(C1CC1)C1CC1. The van der Waals surface area contributed by atoms with Crippen LogP contribution in [0.25, 0.3) is 0 Å². The lowest BCUT2D eigenvalue weighted by Crippen LogP contribution is -2.50. The fourth-order valence-electron chi connectivity index (χ4n) is 5.23.